The van der Waals surface area contributed by atoms with Crippen molar-refractivity contribution in [2.45, 2.75) is 13.8 Å². The number of hydrogen-bond acceptors (Lipinski definition) is 2. The Morgan fingerprint density at radius 2 is 1.84 bits per heavy atom. The first kappa shape index (κ1) is 16.8. The lowest BCUT2D eigenvalue weighted by molar-refractivity contribution is -0.116. The van der Waals surface area contributed by atoms with E-state index < -0.39 is 0 Å². The minimum absolute atomic E-state index is 0.0123. The van der Waals surface area contributed by atoms with Crippen molar-refractivity contribution >= 4 is 28.4 Å². The number of aromatic nitrogens is 1. The molecule has 0 fully saturated rings. The van der Waals surface area contributed by atoms with Crippen molar-refractivity contribution in [3.8, 4) is 0 Å². The van der Waals surface area contributed by atoms with Crippen molar-refractivity contribution in [3.05, 3.63) is 65.4 Å². The van der Waals surface area contributed by atoms with E-state index in [0.717, 1.165) is 27.7 Å². The number of benzene rings is 2. The molecule has 2 aromatic carbocycles. The molecule has 1 heterocycles. The lowest BCUT2D eigenvalue weighted by atomic mass is 10.1. The fraction of sp³-hybridized carbons (Fsp3) is 0.200. The molecule has 5 heteroatoms. The zero-order valence-electron chi connectivity index (χ0n) is 14.6. The van der Waals surface area contributed by atoms with Crippen LogP contribution >= 0.6 is 0 Å². The first-order chi connectivity index (χ1) is 12.0. The first-order valence-corrected chi connectivity index (χ1v) is 8.15. The summed E-state index contributed by atoms with van der Waals surface area (Å²) in [4.78, 5) is 29.3. The van der Waals surface area contributed by atoms with Crippen LogP contribution in [0.15, 0.2) is 48.5 Å². The fourth-order valence-electron chi connectivity index (χ4n) is 2.76. The highest BCUT2D eigenvalue weighted by Crippen LogP contribution is 2.18. The lowest BCUT2D eigenvalue weighted by Gasteiger charge is -2.17. The number of likely N-dealkylation sites (N-methyl/N-ethyl adjacent to an activating group) is 1. The van der Waals surface area contributed by atoms with E-state index in [1.165, 1.54) is 4.90 Å². The Morgan fingerprint density at radius 3 is 2.60 bits per heavy atom. The molecule has 0 spiro atoms. The topological polar surface area (TPSA) is 65.2 Å². The van der Waals surface area contributed by atoms with Gasteiger partial charge in [-0.1, -0.05) is 30.3 Å². The standard InChI is InChI=1S/C20H21N3O2/c1-13-7-6-10-16(14(13)2)22-19(24)12-23(3)20(25)18-11-15-8-4-5-9-17(15)21-18/h4-11,21H,12H2,1-3H3,(H,22,24). The van der Waals surface area contributed by atoms with E-state index in [4.69, 9.17) is 0 Å². The summed E-state index contributed by atoms with van der Waals surface area (Å²) >= 11 is 0. The fourth-order valence-corrected chi connectivity index (χ4v) is 2.76. The van der Waals surface area contributed by atoms with Crippen LogP contribution in [0.2, 0.25) is 0 Å². The van der Waals surface area contributed by atoms with Crippen LogP contribution in [-0.4, -0.2) is 35.3 Å². The lowest BCUT2D eigenvalue weighted by Crippen LogP contribution is -2.35. The molecule has 0 unspecified atom stereocenters. The van der Waals surface area contributed by atoms with Crippen molar-refractivity contribution in [2.75, 3.05) is 18.9 Å². The van der Waals surface area contributed by atoms with Crippen LogP contribution in [0.1, 0.15) is 21.6 Å². The third-order valence-electron chi connectivity index (χ3n) is 4.37. The normalized spacial score (nSPS) is 10.7. The molecular formula is C20H21N3O2. The molecule has 3 rings (SSSR count). The number of carbonyl (C=O) groups excluding carboxylic acids is 2. The number of nitrogens with zero attached hydrogens (tertiary/aromatic N) is 1. The van der Waals surface area contributed by atoms with E-state index >= 15 is 0 Å². The number of H-pyrrole nitrogens is 1. The summed E-state index contributed by atoms with van der Waals surface area (Å²) in [6.45, 7) is 3.95. The first-order valence-electron chi connectivity index (χ1n) is 8.15. The SMILES string of the molecule is Cc1cccc(NC(=O)CN(C)C(=O)c2cc3ccccc3[nH]2)c1C. The summed E-state index contributed by atoms with van der Waals surface area (Å²) in [5.41, 5.74) is 4.29. The quantitative estimate of drug-likeness (QED) is 0.766. The molecule has 0 bridgehead atoms. The van der Waals surface area contributed by atoms with Crippen LogP contribution in [0.25, 0.3) is 10.9 Å². The largest absolute Gasteiger partial charge is 0.351 e. The number of aromatic amines is 1. The summed E-state index contributed by atoms with van der Waals surface area (Å²) in [5, 5.41) is 3.84. The maximum Gasteiger partial charge on any atom is 0.270 e. The Balaban J connectivity index is 1.68. The van der Waals surface area contributed by atoms with E-state index in [9.17, 15) is 9.59 Å². The summed E-state index contributed by atoms with van der Waals surface area (Å²) in [6, 6.07) is 15.2. The summed E-state index contributed by atoms with van der Waals surface area (Å²) in [6.07, 6.45) is 0. The zero-order valence-corrected chi connectivity index (χ0v) is 14.6. The molecule has 0 aliphatic carbocycles. The van der Waals surface area contributed by atoms with Crippen molar-refractivity contribution in [2.24, 2.45) is 0 Å². The van der Waals surface area contributed by atoms with E-state index in [1.54, 1.807) is 13.1 Å². The smallest absolute Gasteiger partial charge is 0.270 e. The highest BCUT2D eigenvalue weighted by atomic mass is 16.2. The number of amides is 2. The average molecular weight is 335 g/mol. The summed E-state index contributed by atoms with van der Waals surface area (Å²) in [7, 11) is 1.62. The Hall–Kier alpha value is -3.08. The second kappa shape index (κ2) is 6.81. The van der Waals surface area contributed by atoms with Crippen LogP contribution < -0.4 is 5.32 Å². The van der Waals surface area contributed by atoms with Gasteiger partial charge in [0.1, 0.15) is 5.69 Å². The van der Waals surface area contributed by atoms with Crippen LogP contribution in [0, 0.1) is 13.8 Å². The van der Waals surface area contributed by atoms with Crippen molar-refractivity contribution in [1.82, 2.24) is 9.88 Å². The van der Waals surface area contributed by atoms with E-state index in [1.807, 2.05) is 56.3 Å². The summed E-state index contributed by atoms with van der Waals surface area (Å²) < 4.78 is 0. The van der Waals surface area contributed by atoms with Gasteiger partial charge in [-0.2, -0.15) is 0 Å². The van der Waals surface area contributed by atoms with Gasteiger partial charge in [0.25, 0.3) is 5.91 Å². The molecule has 0 atom stereocenters. The Morgan fingerprint density at radius 1 is 1.08 bits per heavy atom. The Kier molecular flexibility index (Phi) is 4.57. The van der Waals surface area contributed by atoms with Crippen LogP contribution in [0.3, 0.4) is 0 Å². The predicted molar refractivity (Wildman–Crippen MR) is 99.8 cm³/mol. The van der Waals surface area contributed by atoms with Gasteiger partial charge in [-0.05, 0) is 43.2 Å². The van der Waals surface area contributed by atoms with E-state index in [0.29, 0.717) is 5.69 Å². The maximum absolute atomic E-state index is 12.5. The predicted octanol–water partition coefficient (Wildman–Crippen LogP) is 3.50. The molecule has 0 radical (unpaired) electrons. The van der Waals surface area contributed by atoms with Crippen molar-refractivity contribution in [3.63, 3.8) is 0 Å². The number of fused-ring (bicyclic) bond motifs is 1. The third-order valence-corrected chi connectivity index (χ3v) is 4.37. The second-order valence-electron chi connectivity index (χ2n) is 6.23. The van der Waals surface area contributed by atoms with Gasteiger partial charge >= 0.3 is 0 Å². The third kappa shape index (κ3) is 3.55. The van der Waals surface area contributed by atoms with Gasteiger partial charge < -0.3 is 15.2 Å². The number of nitrogens with one attached hydrogen (secondary N) is 2. The van der Waals surface area contributed by atoms with Gasteiger partial charge in [0, 0.05) is 23.6 Å². The number of carbonyl (C=O) groups is 2. The minimum Gasteiger partial charge on any atom is -0.351 e. The van der Waals surface area contributed by atoms with Gasteiger partial charge in [-0.3, -0.25) is 9.59 Å². The van der Waals surface area contributed by atoms with E-state index in [-0.39, 0.29) is 18.4 Å². The van der Waals surface area contributed by atoms with Crippen LogP contribution in [0.4, 0.5) is 5.69 Å². The van der Waals surface area contributed by atoms with Gasteiger partial charge in [0.2, 0.25) is 5.91 Å². The number of hydrogen-bond donors (Lipinski definition) is 2. The molecule has 128 valence electrons. The van der Waals surface area contributed by atoms with Gasteiger partial charge in [0.15, 0.2) is 0 Å². The Labute approximate surface area is 146 Å². The molecular weight excluding hydrogens is 314 g/mol. The number of rotatable bonds is 4. The minimum atomic E-state index is -0.222. The zero-order chi connectivity index (χ0) is 18.0. The van der Waals surface area contributed by atoms with E-state index in [2.05, 4.69) is 10.3 Å². The summed E-state index contributed by atoms with van der Waals surface area (Å²) in [5.74, 6) is -0.437. The van der Waals surface area contributed by atoms with Gasteiger partial charge in [-0.15, -0.1) is 0 Å². The van der Waals surface area contributed by atoms with Crippen LogP contribution in [0.5, 0.6) is 0 Å². The number of para-hydroxylation sites is 1. The van der Waals surface area contributed by atoms with Crippen LogP contribution in [-0.2, 0) is 4.79 Å². The van der Waals surface area contributed by atoms with Gasteiger partial charge in [-0.25, -0.2) is 0 Å². The number of aryl methyl sites for hydroxylation is 1. The highest BCUT2D eigenvalue weighted by Gasteiger charge is 2.17. The Bertz CT molecular complexity index is 910. The second-order valence-corrected chi connectivity index (χ2v) is 6.23. The molecule has 5 nitrogen and oxygen atoms in total. The molecule has 3 aromatic rings. The molecule has 0 aliphatic rings. The van der Waals surface area contributed by atoms with Crippen molar-refractivity contribution in [1.29, 1.82) is 0 Å². The molecule has 0 saturated heterocycles. The molecule has 2 N–H and O–H groups in total. The number of anilines is 1. The molecule has 0 aliphatic heterocycles. The van der Waals surface area contributed by atoms with Crippen molar-refractivity contribution < 1.29 is 9.59 Å². The molecule has 2 amide bonds. The average Bonchev–Trinajstić information content (AvgIpc) is 3.02. The maximum atomic E-state index is 12.5. The molecule has 0 saturated carbocycles. The monoisotopic (exact) mass is 335 g/mol. The highest BCUT2D eigenvalue weighted by molar-refractivity contribution is 6.01. The molecule has 25 heavy (non-hydrogen) atoms. The van der Waals surface area contributed by atoms with Gasteiger partial charge in [0.05, 0.1) is 6.54 Å². The molecule has 1 aromatic heterocycles.